The molecule has 0 heterocycles. The molecule has 0 radical (unpaired) electrons. The number of carbonyl (C=O) groups excluding carboxylic acids is 3. The summed E-state index contributed by atoms with van der Waals surface area (Å²) in [6, 6.07) is 6.54. The molecular formula is C22H27NO6. The van der Waals surface area contributed by atoms with Gasteiger partial charge in [-0.2, -0.15) is 0 Å². The summed E-state index contributed by atoms with van der Waals surface area (Å²) in [6.45, 7) is 1.51. The van der Waals surface area contributed by atoms with Crippen molar-refractivity contribution in [3.8, 4) is 0 Å². The van der Waals surface area contributed by atoms with Gasteiger partial charge in [0, 0.05) is 0 Å². The van der Waals surface area contributed by atoms with Crippen LogP contribution in [-0.4, -0.2) is 41.8 Å². The van der Waals surface area contributed by atoms with Gasteiger partial charge >= 0.3 is 11.9 Å². The number of anilines is 1. The molecule has 4 aliphatic rings. The van der Waals surface area contributed by atoms with Gasteiger partial charge in [-0.1, -0.05) is 12.1 Å². The Morgan fingerprint density at radius 1 is 1.10 bits per heavy atom. The van der Waals surface area contributed by atoms with Crippen molar-refractivity contribution in [2.24, 2.45) is 17.3 Å². The average molecular weight is 401 g/mol. The van der Waals surface area contributed by atoms with Crippen LogP contribution in [0.5, 0.6) is 0 Å². The molecule has 5 rings (SSSR count). The maximum atomic E-state index is 12.9. The monoisotopic (exact) mass is 401 g/mol. The van der Waals surface area contributed by atoms with E-state index in [0.29, 0.717) is 23.9 Å². The quantitative estimate of drug-likeness (QED) is 0.711. The second-order valence-corrected chi connectivity index (χ2v) is 8.86. The first-order valence-corrected chi connectivity index (χ1v) is 10.3. The van der Waals surface area contributed by atoms with E-state index in [1.165, 1.54) is 0 Å². The number of aliphatic hydroxyl groups is 1. The summed E-state index contributed by atoms with van der Waals surface area (Å²) in [6.07, 6.45) is 4.50. The topological polar surface area (TPSA) is 102 Å². The van der Waals surface area contributed by atoms with Crippen LogP contribution < -0.4 is 5.32 Å². The van der Waals surface area contributed by atoms with Crippen LogP contribution in [0.4, 0.5) is 5.69 Å². The number of amides is 1. The highest BCUT2D eigenvalue weighted by Gasteiger charge is 2.60. The third-order valence-electron chi connectivity index (χ3n) is 6.49. The van der Waals surface area contributed by atoms with Gasteiger partial charge in [0.05, 0.1) is 28.9 Å². The zero-order valence-electron chi connectivity index (χ0n) is 16.6. The Bertz CT molecular complexity index is 820. The number of benzene rings is 1. The fourth-order valence-electron chi connectivity index (χ4n) is 5.90. The molecule has 4 fully saturated rings. The first kappa shape index (κ1) is 19.9. The highest BCUT2D eigenvalue weighted by Crippen LogP contribution is 2.61. The molecule has 4 aliphatic carbocycles. The van der Waals surface area contributed by atoms with Crippen LogP contribution in [0.2, 0.25) is 0 Å². The molecular weight excluding hydrogens is 374 g/mol. The largest absolute Gasteiger partial charge is 0.462 e. The molecule has 1 aromatic rings. The van der Waals surface area contributed by atoms with E-state index in [1.807, 2.05) is 0 Å². The number of rotatable bonds is 6. The van der Waals surface area contributed by atoms with Crippen molar-refractivity contribution in [3.63, 3.8) is 0 Å². The first-order chi connectivity index (χ1) is 13.8. The minimum atomic E-state index is -0.760. The normalized spacial score (nSPS) is 31.9. The molecule has 1 amide bonds. The molecule has 4 bridgehead atoms. The fraction of sp³-hybridized carbons (Fsp3) is 0.591. The standard InChI is InChI=1S/C22H27NO6/c1-2-28-19(25)16-5-3-4-6-17(16)23-18(24)12-29-20(26)21-8-14-7-15(9-21)11-22(27,10-14)13-21/h3-6,14-15,27H,2,7-13H2,1H3,(H,23,24). The van der Waals surface area contributed by atoms with Crippen LogP contribution in [-0.2, 0) is 19.1 Å². The minimum absolute atomic E-state index is 0.231. The summed E-state index contributed by atoms with van der Waals surface area (Å²) in [5.41, 5.74) is -0.861. The Labute approximate surface area is 169 Å². The lowest BCUT2D eigenvalue weighted by Crippen LogP contribution is -2.58. The van der Waals surface area contributed by atoms with Gasteiger partial charge in [0.15, 0.2) is 6.61 Å². The van der Waals surface area contributed by atoms with Crippen LogP contribution in [0.1, 0.15) is 55.8 Å². The van der Waals surface area contributed by atoms with Crippen LogP contribution in [0.3, 0.4) is 0 Å². The van der Waals surface area contributed by atoms with E-state index in [4.69, 9.17) is 9.47 Å². The van der Waals surface area contributed by atoms with E-state index in [-0.39, 0.29) is 18.1 Å². The number of para-hydroxylation sites is 1. The van der Waals surface area contributed by atoms with Gasteiger partial charge in [-0.3, -0.25) is 9.59 Å². The summed E-state index contributed by atoms with van der Waals surface area (Å²) in [4.78, 5) is 37.2. The Kier molecular flexibility index (Phi) is 5.11. The Hall–Kier alpha value is -2.41. The van der Waals surface area contributed by atoms with Gasteiger partial charge in [0.25, 0.3) is 5.91 Å². The van der Waals surface area contributed by atoms with Crippen molar-refractivity contribution in [1.29, 1.82) is 0 Å². The molecule has 0 saturated heterocycles. The van der Waals surface area contributed by atoms with Gasteiger partial charge < -0.3 is 19.9 Å². The van der Waals surface area contributed by atoms with Crippen LogP contribution >= 0.6 is 0 Å². The second kappa shape index (κ2) is 7.44. The van der Waals surface area contributed by atoms with E-state index < -0.39 is 29.5 Å². The molecule has 2 atom stereocenters. The van der Waals surface area contributed by atoms with E-state index >= 15 is 0 Å². The molecule has 29 heavy (non-hydrogen) atoms. The SMILES string of the molecule is CCOC(=O)c1ccccc1NC(=O)COC(=O)C12CC3CC(CC(O)(C3)C1)C2. The maximum absolute atomic E-state index is 12.9. The predicted octanol–water partition coefficient (Wildman–Crippen LogP) is 2.68. The number of carbonyl (C=O) groups is 3. The zero-order chi connectivity index (χ0) is 20.6. The summed E-state index contributed by atoms with van der Waals surface area (Å²) in [7, 11) is 0. The van der Waals surface area contributed by atoms with Gasteiger partial charge in [0.1, 0.15) is 0 Å². The molecule has 0 aromatic heterocycles. The van der Waals surface area contributed by atoms with E-state index in [0.717, 1.165) is 32.1 Å². The number of esters is 2. The molecule has 1 aromatic carbocycles. The molecule has 0 aliphatic heterocycles. The van der Waals surface area contributed by atoms with Crippen molar-refractivity contribution in [1.82, 2.24) is 0 Å². The van der Waals surface area contributed by atoms with Crippen LogP contribution in [0.25, 0.3) is 0 Å². The van der Waals surface area contributed by atoms with Gasteiger partial charge in [0.2, 0.25) is 0 Å². The third-order valence-corrected chi connectivity index (χ3v) is 6.49. The summed E-state index contributed by atoms with van der Waals surface area (Å²) < 4.78 is 10.4. The molecule has 7 nitrogen and oxygen atoms in total. The minimum Gasteiger partial charge on any atom is -0.462 e. The molecule has 2 unspecified atom stereocenters. The smallest absolute Gasteiger partial charge is 0.340 e. The number of ether oxygens (including phenoxy) is 2. The van der Waals surface area contributed by atoms with Crippen molar-refractivity contribution in [2.45, 2.75) is 51.0 Å². The molecule has 156 valence electrons. The van der Waals surface area contributed by atoms with Gasteiger partial charge in [-0.15, -0.1) is 0 Å². The molecule has 2 N–H and O–H groups in total. The Balaban J connectivity index is 1.37. The Morgan fingerprint density at radius 3 is 2.45 bits per heavy atom. The third kappa shape index (κ3) is 3.88. The lowest BCUT2D eigenvalue weighted by molar-refractivity contribution is -0.196. The van der Waals surface area contributed by atoms with Crippen LogP contribution in [0, 0.1) is 17.3 Å². The molecule has 0 spiro atoms. The van der Waals surface area contributed by atoms with Gasteiger partial charge in [-0.25, -0.2) is 4.79 Å². The lowest BCUT2D eigenvalue weighted by Gasteiger charge is -2.58. The second-order valence-electron chi connectivity index (χ2n) is 8.86. The lowest BCUT2D eigenvalue weighted by atomic mass is 9.48. The highest BCUT2D eigenvalue weighted by atomic mass is 16.5. The summed E-state index contributed by atoms with van der Waals surface area (Å²) >= 11 is 0. The number of hydrogen-bond donors (Lipinski definition) is 2. The van der Waals surface area contributed by atoms with Gasteiger partial charge in [-0.05, 0) is 69.4 Å². The maximum Gasteiger partial charge on any atom is 0.340 e. The number of hydrogen-bond acceptors (Lipinski definition) is 6. The van der Waals surface area contributed by atoms with Crippen LogP contribution in [0.15, 0.2) is 24.3 Å². The predicted molar refractivity (Wildman–Crippen MR) is 104 cm³/mol. The van der Waals surface area contributed by atoms with E-state index in [9.17, 15) is 19.5 Å². The summed E-state index contributed by atoms with van der Waals surface area (Å²) in [5.74, 6) is -0.710. The van der Waals surface area contributed by atoms with Crippen molar-refractivity contribution < 1.29 is 29.0 Å². The van der Waals surface area contributed by atoms with E-state index in [1.54, 1.807) is 31.2 Å². The average Bonchev–Trinajstić information content (AvgIpc) is 2.64. The molecule has 7 heteroatoms. The van der Waals surface area contributed by atoms with Crippen molar-refractivity contribution in [3.05, 3.63) is 29.8 Å². The Morgan fingerprint density at radius 2 is 1.79 bits per heavy atom. The fourth-order valence-corrected chi connectivity index (χ4v) is 5.90. The zero-order valence-corrected chi connectivity index (χ0v) is 16.6. The summed E-state index contributed by atoms with van der Waals surface area (Å²) in [5, 5.41) is 13.4. The molecule has 4 saturated carbocycles. The number of nitrogens with one attached hydrogen (secondary N) is 1. The highest BCUT2D eigenvalue weighted by molar-refractivity contribution is 6.02. The van der Waals surface area contributed by atoms with Crippen molar-refractivity contribution in [2.75, 3.05) is 18.5 Å². The van der Waals surface area contributed by atoms with E-state index in [2.05, 4.69) is 5.32 Å². The van der Waals surface area contributed by atoms with Crippen molar-refractivity contribution >= 4 is 23.5 Å². The first-order valence-electron chi connectivity index (χ1n) is 10.3.